The number of benzene rings is 4. The summed E-state index contributed by atoms with van der Waals surface area (Å²) in [4.78, 5) is 22.8. The molecule has 0 bridgehead atoms. The van der Waals surface area contributed by atoms with Gasteiger partial charge in [0.05, 0.1) is 0 Å². The third-order valence-corrected chi connectivity index (χ3v) is 10.0. The van der Waals surface area contributed by atoms with Crippen molar-refractivity contribution in [2.45, 2.75) is 18.4 Å². The topological polar surface area (TPSA) is 176 Å². The van der Waals surface area contributed by atoms with Crippen molar-refractivity contribution in [2.75, 3.05) is 9.62 Å². The zero-order valence-electron chi connectivity index (χ0n) is 22.4. The number of carbonyl (C=O) groups is 2. The number of sulfonamides is 1. The van der Waals surface area contributed by atoms with Crippen molar-refractivity contribution in [3.8, 4) is 0 Å². The van der Waals surface area contributed by atoms with Crippen LogP contribution in [0.5, 0.6) is 0 Å². The summed E-state index contributed by atoms with van der Waals surface area (Å²) in [5.41, 5.74) is 6.49. The molecule has 0 spiro atoms. The number of nitrogens with zero attached hydrogens (tertiary/aromatic N) is 1. The minimum atomic E-state index is -5.05. The molecule has 0 fully saturated rings. The molecule has 5 N–H and O–H groups in total. The van der Waals surface area contributed by atoms with E-state index in [0.29, 0.717) is 21.1 Å². The van der Waals surface area contributed by atoms with Crippen LogP contribution >= 0.6 is 0 Å². The molecule has 0 aliphatic carbocycles. The minimum Gasteiger partial charge on any atom is -0.381 e. The summed E-state index contributed by atoms with van der Waals surface area (Å²) in [5, 5.41) is 11.4. The fourth-order valence-electron chi connectivity index (χ4n) is 3.66. The first-order chi connectivity index (χ1) is 20.3. The van der Waals surface area contributed by atoms with Gasteiger partial charge in [-0.05, 0) is 24.3 Å². The number of nitrogens with two attached hydrogens (primary N) is 1. The smallest absolute Gasteiger partial charge is 0.248 e. The largest absolute Gasteiger partial charge is 0.381 e. The van der Waals surface area contributed by atoms with Crippen LogP contribution in [0.4, 0.5) is 20.2 Å². The normalized spacial score (nSPS) is 12.3. The molecule has 2 amide bonds. The van der Waals surface area contributed by atoms with Gasteiger partial charge in [-0.25, -0.2) is 8.78 Å². The van der Waals surface area contributed by atoms with E-state index in [1.165, 1.54) is 48.5 Å². The van der Waals surface area contributed by atoms with Crippen molar-refractivity contribution in [2.24, 2.45) is 5.73 Å². The van der Waals surface area contributed by atoms with E-state index in [4.69, 9.17) is 11.0 Å². The maximum Gasteiger partial charge on any atom is 0.248 e. The maximum absolute atomic E-state index is 13.4. The van der Waals surface area contributed by atoms with E-state index < -0.39 is 47.6 Å². The number of halogens is 2. The molecule has 0 aromatic heterocycles. The number of carbonyl (C=O) groups excluding carboxylic acids is 2. The third kappa shape index (κ3) is 8.60. The standard InChI is InChI=1S/C14H14AsNO7S.C14H12F2N2O/c1-11(17)16(24(21,22)14-5-3-2-4-6-14)13-9-7-12(8-10-13)15(18,19)23-20;15-11-5-4-10(13(16)7-11)8-18-12-3-1-2-9(6-12)14(17)19/h2-10,20H,1H3,(H,18,19);1-7,18H,8H2,(H2,17,19). The SMILES string of the molecule is CC(=O)N(c1ccc([As](=O)(O)OO)cc1)S(=O)(=O)c1ccccc1.NC(=O)c1cccc(NCc2ccc(F)cc2F)c1. The van der Waals surface area contributed by atoms with E-state index in [1.807, 2.05) is 0 Å². The molecule has 0 saturated heterocycles. The number of anilines is 2. The molecule has 1 unspecified atom stereocenters. The Bertz CT molecular complexity index is 1760. The van der Waals surface area contributed by atoms with E-state index in [0.717, 1.165) is 25.1 Å². The predicted octanol–water partition coefficient (Wildman–Crippen LogP) is 3.16. The van der Waals surface area contributed by atoms with Crippen molar-refractivity contribution in [1.29, 1.82) is 0 Å². The summed E-state index contributed by atoms with van der Waals surface area (Å²) in [7, 11) is -4.13. The first-order valence-electron chi connectivity index (χ1n) is 12.2. The maximum atomic E-state index is 13.4. The monoisotopic (exact) mass is 677 g/mol. The summed E-state index contributed by atoms with van der Waals surface area (Å²) >= 11 is -5.05. The van der Waals surface area contributed by atoms with E-state index in [9.17, 15) is 34.6 Å². The number of hydrogen-bond acceptors (Lipinski definition) is 8. The Morgan fingerprint density at radius 3 is 2.16 bits per heavy atom. The van der Waals surface area contributed by atoms with E-state index in [2.05, 4.69) is 9.19 Å². The number of nitrogens with one attached hydrogen (secondary N) is 1. The van der Waals surface area contributed by atoms with Crippen LogP contribution in [0.3, 0.4) is 0 Å². The van der Waals surface area contributed by atoms with Crippen molar-refractivity contribution in [1.82, 2.24) is 0 Å². The van der Waals surface area contributed by atoms with Crippen molar-refractivity contribution >= 4 is 51.7 Å². The first-order valence-corrected chi connectivity index (χ1v) is 17.0. The Balaban J connectivity index is 0.000000242. The predicted molar refractivity (Wildman–Crippen MR) is 154 cm³/mol. The Labute approximate surface area is 248 Å². The zero-order chi connectivity index (χ0) is 31.8. The van der Waals surface area contributed by atoms with Gasteiger partial charge in [0.2, 0.25) is 5.91 Å². The summed E-state index contributed by atoms with van der Waals surface area (Å²) in [6, 6.07) is 21.9. The molecule has 0 saturated carbocycles. The summed E-state index contributed by atoms with van der Waals surface area (Å²) < 4.78 is 76.4. The summed E-state index contributed by atoms with van der Waals surface area (Å²) in [5.74, 6) is -2.50. The van der Waals surface area contributed by atoms with Gasteiger partial charge in [-0.2, -0.15) is 0 Å². The van der Waals surface area contributed by atoms with Gasteiger partial charge in [-0.15, -0.1) is 0 Å². The molecular formula is C28H26AsF2N3O8S. The Morgan fingerprint density at radius 1 is 0.953 bits per heavy atom. The zero-order valence-corrected chi connectivity index (χ0v) is 25.1. The molecule has 0 aliphatic rings. The quantitative estimate of drug-likeness (QED) is 0.118. The van der Waals surface area contributed by atoms with E-state index >= 15 is 0 Å². The number of amides is 2. The molecule has 11 nitrogen and oxygen atoms in total. The van der Waals surface area contributed by atoms with Crippen LogP contribution in [0.15, 0.2) is 102 Å². The van der Waals surface area contributed by atoms with Crippen molar-refractivity contribution in [3.05, 3.63) is 120 Å². The van der Waals surface area contributed by atoms with E-state index in [-0.39, 0.29) is 21.5 Å². The number of primary amides is 1. The molecule has 43 heavy (non-hydrogen) atoms. The summed E-state index contributed by atoms with van der Waals surface area (Å²) in [6.45, 7) is 1.28. The molecule has 4 rings (SSSR count). The average molecular weight is 678 g/mol. The first kappa shape index (κ1) is 33.2. The van der Waals surface area contributed by atoms with Gasteiger partial charge in [0, 0.05) is 29.4 Å². The molecule has 0 radical (unpaired) electrons. The van der Waals surface area contributed by atoms with Gasteiger partial charge in [0.15, 0.2) is 0 Å². The van der Waals surface area contributed by atoms with Gasteiger partial charge >= 0.3 is 141 Å². The van der Waals surface area contributed by atoms with Crippen LogP contribution in [-0.2, 0) is 29.0 Å². The second-order valence-electron chi connectivity index (χ2n) is 8.75. The Kier molecular flexibility index (Phi) is 11.0. The number of hydrogen-bond donors (Lipinski definition) is 4. The molecule has 0 aliphatic heterocycles. The second-order valence-corrected chi connectivity index (χ2v) is 14.2. The molecule has 15 heteroatoms. The van der Waals surface area contributed by atoms with Crippen LogP contribution in [0.25, 0.3) is 0 Å². The molecule has 4 aromatic carbocycles. The van der Waals surface area contributed by atoms with Crippen molar-refractivity contribution in [3.63, 3.8) is 0 Å². The summed E-state index contributed by atoms with van der Waals surface area (Å²) in [6.07, 6.45) is 0. The third-order valence-electron chi connectivity index (χ3n) is 5.73. The van der Waals surface area contributed by atoms with Gasteiger partial charge in [-0.3, -0.25) is 4.79 Å². The molecular weight excluding hydrogens is 651 g/mol. The fraction of sp³-hybridized carbons (Fsp3) is 0.0714. The van der Waals surface area contributed by atoms with E-state index in [1.54, 1.807) is 30.3 Å². The molecule has 226 valence electrons. The second kappa shape index (κ2) is 14.2. The number of rotatable bonds is 9. The van der Waals surface area contributed by atoms with Gasteiger partial charge < -0.3 is 11.1 Å². The van der Waals surface area contributed by atoms with Crippen LogP contribution in [0, 0.1) is 11.6 Å². The van der Waals surface area contributed by atoms with Gasteiger partial charge in [0.1, 0.15) is 11.6 Å². The van der Waals surface area contributed by atoms with Crippen LogP contribution < -0.4 is 19.7 Å². The molecule has 1 atom stereocenters. The van der Waals surface area contributed by atoms with Crippen LogP contribution in [-0.4, -0.2) is 43.8 Å². The minimum absolute atomic E-state index is 0.0106. The Morgan fingerprint density at radius 2 is 1.60 bits per heavy atom. The van der Waals surface area contributed by atoms with Gasteiger partial charge in [-0.1, -0.05) is 12.1 Å². The molecule has 4 aromatic rings. The fourth-order valence-corrected chi connectivity index (χ4v) is 6.41. The van der Waals surface area contributed by atoms with Crippen LogP contribution in [0.1, 0.15) is 22.8 Å². The van der Waals surface area contributed by atoms with Gasteiger partial charge in [0.25, 0.3) is 0 Å². The molecule has 0 heterocycles. The average Bonchev–Trinajstić information content (AvgIpc) is 2.97. The van der Waals surface area contributed by atoms with Crippen LogP contribution in [0.2, 0.25) is 0 Å². The Hall–Kier alpha value is -4.33. The van der Waals surface area contributed by atoms with Crippen molar-refractivity contribution < 1.29 is 43.8 Å².